The molecule has 1 saturated heterocycles. The molecule has 4 nitrogen and oxygen atoms in total. The second-order valence-corrected chi connectivity index (χ2v) is 8.06. The van der Waals surface area contributed by atoms with Crippen LogP contribution in [0, 0.1) is 17.2 Å². The lowest BCUT2D eigenvalue weighted by Gasteiger charge is -2.29. The Morgan fingerprint density at radius 2 is 1.96 bits per heavy atom. The third-order valence-corrected chi connectivity index (χ3v) is 6.25. The molecule has 26 heavy (non-hydrogen) atoms. The average Bonchev–Trinajstić information content (AvgIpc) is 2.98. The summed E-state index contributed by atoms with van der Waals surface area (Å²) in [5.41, 5.74) is 3.57. The number of hydrogen-bond donors (Lipinski definition) is 0. The first-order valence-corrected chi connectivity index (χ1v) is 9.79. The lowest BCUT2D eigenvalue weighted by molar-refractivity contribution is 0.206. The summed E-state index contributed by atoms with van der Waals surface area (Å²) in [7, 11) is 2.16. The van der Waals surface area contributed by atoms with Crippen LogP contribution in [-0.4, -0.2) is 29.6 Å². The molecule has 0 bridgehead atoms. The van der Waals surface area contributed by atoms with E-state index in [2.05, 4.69) is 18.0 Å². The van der Waals surface area contributed by atoms with Gasteiger partial charge in [-0.25, -0.2) is 0 Å². The van der Waals surface area contributed by atoms with Crippen LogP contribution in [0.25, 0.3) is 21.3 Å². The van der Waals surface area contributed by atoms with E-state index in [1.165, 1.54) is 11.3 Å². The van der Waals surface area contributed by atoms with Crippen molar-refractivity contribution in [2.75, 3.05) is 20.1 Å². The average molecular weight is 363 g/mol. The van der Waals surface area contributed by atoms with Gasteiger partial charge in [-0.2, -0.15) is 5.26 Å². The Bertz CT molecular complexity index is 1040. The Morgan fingerprint density at radius 3 is 2.73 bits per heavy atom. The molecule has 1 aromatic heterocycles. The minimum absolute atomic E-state index is 0.115. The Hall–Kier alpha value is -2.42. The van der Waals surface area contributed by atoms with Crippen LogP contribution < -0.4 is 4.87 Å². The van der Waals surface area contributed by atoms with Crippen LogP contribution in [-0.2, 0) is 6.54 Å². The summed E-state index contributed by atoms with van der Waals surface area (Å²) in [5, 5.41) is 9.34. The Kier molecular flexibility index (Phi) is 4.62. The molecule has 4 rings (SSSR count). The second kappa shape index (κ2) is 7.06. The van der Waals surface area contributed by atoms with Gasteiger partial charge in [0.05, 0.1) is 21.8 Å². The molecule has 5 heteroatoms. The fraction of sp³-hybridized carbons (Fsp3) is 0.333. The highest BCUT2D eigenvalue weighted by Crippen LogP contribution is 2.29. The maximum atomic E-state index is 12.6. The number of nitrogens with zero attached hydrogens (tertiary/aromatic N) is 3. The number of aromatic nitrogens is 1. The highest BCUT2D eigenvalue weighted by molar-refractivity contribution is 7.16. The lowest BCUT2D eigenvalue weighted by Crippen LogP contribution is -2.33. The van der Waals surface area contributed by atoms with Crippen molar-refractivity contribution in [3.8, 4) is 17.2 Å². The van der Waals surface area contributed by atoms with E-state index in [1.54, 1.807) is 0 Å². The van der Waals surface area contributed by atoms with Gasteiger partial charge in [0.2, 0.25) is 0 Å². The maximum Gasteiger partial charge on any atom is 0.308 e. The number of rotatable bonds is 3. The van der Waals surface area contributed by atoms with Gasteiger partial charge in [-0.1, -0.05) is 35.6 Å². The SMILES string of the molecule is CN1CCC(Cn2c(=O)sc3cc(-c4ccccc4C#N)ccc32)CC1. The van der Waals surface area contributed by atoms with Gasteiger partial charge < -0.3 is 4.90 Å². The van der Waals surface area contributed by atoms with Crippen molar-refractivity contribution in [2.24, 2.45) is 5.92 Å². The van der Waals surface area contributed by atoms with E-state index in [-0.39, 0.29) is 4.87 Å². The number of fused-ring (bicyclic) bond motifs is 1. The molecule has 2 heterocycles. The highest BCUT2D eigenvalue weighted by atomic mass is 32.1. The predicted molar refractivity (Wildman–Crippen MR) is 106 cm³/mol. The molecule has 2 aromatic carbocycles. The van der Waals surface area contributed by atoms with Gasteiger partial charge in [-0.15, -0.1) is 0 Å². The first kappa shape index (κ1) is 17.0. The monoisotopic (exact) mass is 363 g/mol. The standard InChI is InChI=1S/C21H21N3OS/c1-23-10-8-15(9-11-23)14-24-19-7-6-16(12-20(19)26-21(24)25)18-5-3-2-4-17(18)13-22/h2-7,12,15H,8-11,14H2,1H3. The molecular formula is C21H21N3OS. The van der Waals surface area contributed by atoms with Crippen LogP contribution in [0.1, 0.15) is 18.4 Å². The number of piperidine rings is 1. The molecule has 1 fully saturated rings. The topological polar surface area (TPSA) is 49.0 Å². The summed E-state index contributed by atoms with van der Waals surface area (Å²) in [5.74, 6) is 0.570. The molecule has 1 aliphatic rings. The number of likely N-dealkylation sites (tertiary alicyclic amines) is 1. The van der Waals surface area contributed by atoms with E-state index in [0.717, 1.165) is 53.8 Å². The quantitative estimate of drug-likeness (QED) is 0.708. The number of benzene rings is 2. The summed E-state index contributed by atoms with van der Waals surface area (Å²) in [6.45, 7) is 3.02. The predicted octanol–water partition coefficient (Wildman–Crippen LogP) is 3.94. The van der Waals surface area contributed by atoms with Crippen LogP contribution in [0.5, 0.6) is 0 Å². The van der Waals surface area contributed by atoms with Crippen molar-refractivity contribution in [1.29, 1.82) is 5.26 Å². The summed E-state index contributed by atoms with van der Waals surface area (Å²) in [4.78, 5) is 15.0. The molecular weight excluding hydrogens is 342 g/mol. The number of nitriles is 1. The molecule has 0 amide bonds. The van der Waals surface area contributed by atoms with Crippen molar-refractivity contribution in [2.45, 2.75) is 19.4 Å². The second-order valence-electron chi connectivity index (χ2n) is 7.07. The van der Waals surface area contributed by atoms with E-state index in [4.69, 9.17) is 0 Å². The molecule has 0 N–H and O–H groups in total. The molecule has 0 radical (unpaired) electrons. The molecule has 132 valence electrons. The molecule has 0 spiro atoms. The maximum absolute atomic E-state index is 12.6. The van der Waals surface area contributed by atoms with E-state index < -0.39 is 0 Å². The van der Waals surface area contributed by atoms with Crippen molar-refractivity contribution >= 4 is 21.6 Å². The normalized spacial score (nSPS) is 16.0. The van der Waals surface area contributed by atoms with E-state index in [1.807, 2.05) is 47.0 Å². The molecule has 0 aliphatic carbocycles. The van der Waals surface area contributed by atoms with Gasteiger partial charge in [-0.3, -0.25) is 9.36 Å². The smallest absolute Gasteiger partial charge is 0.306 e. The molecule has 0 atom stereocenters. The zero-order valence-corrected chi connectivity index (χ0v) is 15.6. The minimum atomic E-state index is 0.115. The summed E-state index contributed by atoms with van der Waals surface area (Å²) >= 11 is 1.30. The zero-order valence-electron chi connectivity index (χ0n) is 14.8. The first-order chi connectivity index (χ1) is 12.7. The van der Waals surface area contributed by atoms with Crippen molar-refractivity contribution in [3.05, 3.63) is 57.7 Å². The molecule has 1 aliphatic heterocycles. The van der Waals surface area contributed by atoms with Crippen molar-refractivity contribution in [1.82, 2.24) is 9.47 Å². The Labute approximate surface area is 156 Å². The number of thiazole rings is 1. The molecule has 0 saturated carbocycles. The minimum Gasteiger partial charge on any atom is -0.306 e. The largest absolute Gasteiger partial charge is 0.308 e. The van der Waals surface area contributed by atoms with Gasteiger partial charge in [0, 0.05) is 6.54 Å². The Morgan fingerprint density at radius 1 is 1.19 bits per heavy atom. The van der Waals surface area contributed by atoms with Gasteiger partial charge >= 0.3 is 4.87 Å². The van der Waals surface area contributed by atoms with Crippen LogP contribution in [0.15, 0.2) is 47.3 Å². The first-order valence-electron chi connectivity index (χ1n) is 8.97. The third kappa shape index (κ3) is 3.18. The van der Waals surface area contributed by atoms with Crippen LogP contribution >= 0.6 is 11.3 Å². The summed E-state index contributed by atoms with van der Waals surface area (Å²) in [6.07, 6.45) is 2.29. The summed E-state index contributed by atoms with van der Waals surface area (Å²) in [6, 6.07) is 15.9. The summed E-state index contributed by atoms with van der Waals surface area (Å²) < 4.78 is 2.93. The number of hydrogen-bond acceptors (Lipinski definition) is 4. The van der Waals surface area contributed by atoms with E-state index in [0.29, 0.717) is 11.5 Å². The zero-order chi connectivity index (χ0) is 18.1. The highest BCUT2D eigenvalue weighted by Gasteiger charge is 2.19. The fourth-order valence-electron chi connectivity index (χ4n) is 3.74. The third-order valence-electron chi connectivity index (χ3n) is 5.31. The van der Waals surface area contributed by atoms with Crippen LogP contribution in [0.2, 0.25) is 0 Å². The van der Waals surface area contributed by atoms with Crippen LogP contribution in [0.4, 0.5) is 0 Å². The van der Waals surface area contributed by atoms with Gasteiger partial charge in [-0.05, 0) is 68.2 Å². The Balaban J connectivity index is 1.69. The molecule has 0 unspecified atom stereocenters. The van der Waals surface area contributed by atoms with Gasteiger partial charge in [0.25, 0.3) is 0 Å². The van der Waals surface area contributed by atoms with E-state index in [9.17, 15) is 10.1 Å². The fourth-order valence-corrected chi connectivity index (χ4v) is 4.68. The lowest BCUT2D eigenvalue weighted by atomic mass is 9.97. The van der Waals surface area contributed by atoms with Gasteiger partial charge in [0.15, 0.2) is 0 Å². The van der Waals surface area contributed by atoms with E-state index >= 15 is 0 Å². The van der Waals surface area contributed by atoms with Crippen molar-refractivity contribution < 1.29 is 0 Å². The van der Waals surface area contributed by atoms with Crippen LogP contribution in [0.3, 0.4) is 0 Å². The molecule has 3 aromatic rings. The van der Waals surface area contributed by atoms with Crippen molar-refractivity contribution in [3.63, 3.8) is 0 Å². The van der Waals surface area contributed by atoms with Gasteiger partial charge in [0.1, 0.15) is 0 Å².